The molecule has 24 heteroatoms. The van der Waals surface area contributed by atoms with Crippen molar-refractivity contribution >= 4 is 71.7 Å². The molecule has 0 aromatic carbocycles. The Hall–Kier alpha value is -5.07. The van der Waals surface area contributed by atoms with E-state index in [9.17, 15) is 47.9 Å². The highest BCUT2D eigenvalue weighted by atomic mass is 32.1. The number of carbonyl (C=O) groups excluding carboxylic acids is 10. The van der Waals surface area contributed by atoms with Gasteiger partial charge in [0.15, 0.2) is 0 Å². The fraction of sp³-hybridized carbons (Fsp3) is 0.750. The smallest absolute Gasteiger partial charge is 0.221 e. The lowest BCUT2D eigenvalue weighted by Gasteiger charge is -2.23. The van der Waals surface area contributed by atoms with Crippen molar-refractivity contribution in [2.24, 2.45) is 0 Å². The third-order valence-electron chi connectivity index (χ3n) is 9.13. The van der Waals surface area contributed by atoms with E-state index in [0.717, 1.165) is 0 Å². The summed E-state index contributed by atoms with van der Waals surface area (Å²) in [5.41, 5.74) is 0. The summed E-state index contributed by atoms with van der Waals surface area (Å²) in [4.78, 5) is 125. The third-order valence-corrected chi connectivity index (χ3v) is 9.33. The zero-order valence-corrected chi connectivity index (χ0v) is 39.2. The van der Waals surface area contributed by atoms with E-state index in [1.807, 2.05) is 14.7 Å². The van der Waals surface area contributed by atoms with E-state index in [-0.39, 0.29) is 137 Å². The van der Waals surface area contributed by atoms with E-state index < -0.39 is 0 Å². The van der Waals surface area contributed by atoms with Crippen molar-refractivity contribution in [3.05, 3.63) is 0 Å². The minimum absolute atomic E-state index is 0.145. The number of rotatable bonds is 38. The van der Waals surface area contributed by atoms with Gasteiger partial charge in [-0.3, -0.25) is 47.9 Å². The first-order chi connectivity index (χ1) is 30.5. The van der Waals surface area contributed by atoms with Gasteiger partial charge in [-0.15, -0.1) is 0 Å². The Morgan fingerprint density at radius 1 is 0.281 bits per heavy atom. The van der Waals surface area contributed by atoms with Crippen molar-refractivity contribution in [1.29, 1.82) is 0 Å². The molecule has 10 amide bonds. The molecular weight excluding hydrogens is 855 g/mol. The summed E-state index contributed by atoms with van der Waals surface area (Å²) >= 11 is 4.34. The largest absolute Gasteiger partial charge is 0.355 e. The Morgan fingerprint density at radius 3 is 0.672 bits per heavy atom. The Morgan fingerprint density at radius 2 is 0.469 bits per heavy atom. The lowest BCUT2D eigenvalue weighted by atomic mass is 10.3. The molecule has 10 N–H and O–H groups in total. The molecule has 366 valence electrons. The number of hydrogen-bond donors (Lipinski definition) is 11. The normalized spacial score (nSPS) is 10.8. The molecule has 0 aliphatic rings. The Labute approximate surface area is 383 Å². The molecule has 0 saturated carbocycles. The van der Waals surface area contributed by atoms with Crippen molar-refractivity contribution in [1.82, 2.24) is 67.9 Å². The van der Waals surface area contributed by atoms with Crippen LogP contribution in [-0.2, 0) is 47.9 Å². The minimum Gasteiger partial charge on any atom is -0.355 e. The monoisotopic (exact) mass is 930 g/mol. The summed E-state index contributed by atoms with van der Waals surface area (Å²) in [6.07, 6.45) is 0.912. The zero-order valence-electron chi connectivity index (χ0n) is 38.3. The van der Waals surface area contributed by atoms with Crippen LogP contribution in [0, 0.1) is 0 Å². The van der Waals surface area contributed by atoms with Crippen molar-refractivity contribution in [3.8, 4) is 0 Å². The molecule has 0 aromatic rings. The van der Waals surface area contributed by atoms with Gasteiger partial charge in [-0.25, -0.2) is 0 Å². The quantitative estimate of drug-likeness (QED) is 0.0206. The SMILES string of the molecule is CC(=O)NCCNC(=O)CCN(CCNC(=O)CCN(CCS)CCC(=O)NCCN(CCC(=O)NCCNC(C)=O)CCC(=O)NCCNC(C)=O)CCC(=O)NCCNC(C)=O. The van der Waals surface area contributed by atoms with Crippen LogP contribution in [0.2, 0.25) is 0 Å². The van der Waals surface area contributed by atoms with Crippen molar-refractivity contribution in [3.63, 3.8) is 0 Å². The second kappa shape index (κ2) is 38.4. The number of amides is 10. The Bertz CT molecular complexity index is 1280. The number of thiol groups is 1. The van der Waals surface area contributed by atoms with Crippen molar-refractivity contribution in [2.45, 2.75) is 66.2 Å². The average molecular weight is 930 g/mol. The number of nitrogens with zero attached hydrogens (tertiary/aromatic N) is 3. The standard InChI is InChI=1S/C40H75N13O10S/c1-31(54)41-11-15-45-35(58)5-21-51(22-6-36(59)46-16-12-42-32(2)55)27-19-49-39(62)9-25-53(29-30-64)26-10-40(63)50-20-28-52(23-7-37(60)47-17-13-43-33(3)56)24-8-38(61)48-18-14-44-34(4)57/h64H,5-30H2,1-4H3,(H,41,54)(H,42,55)(H,43,56)(H,44,57)(H,45,58)(H,46,59)(H,47,60)(H,48,61)(H,49,62)(H,50,63). The zero-order chi connectivity index (χ0) is 48.0. The summed E-state index contributed by atoms with van der Waals surface area (Å²) in [6.45, 7) is 11.8. The molecule has 0 radical (unpaired) electrons. The van der Waals surface area contributed by atoms with E-state index in [0.29, 0.717) is 90.8 Å². The summed E-state index contributed by atoms with van der Waals surface area (Å²) in [6, 6.07) is 0. The molecule has 0 saturated heterocycles. The van der Waals surface area contributed by atoms with Crippen LogP contribution >= 0.6 is 12.6 Å². The van der Waals surface area contributed by atoms with Gasteiger partial charge in [0.2, 0.25) is 59.1 Å². The molecule has 0 aliphatic heterocycles. The van der Waals surface area contributed by atoms with Crippen LogP contribution in [0.5, 0.6) is 0 Å². The molecule has 0 aromatic heterocycles. The fourth-order valence-corrected chi connectivity index (χ4v) is 5.99. The molecule has 0 fully saturated rings. The number of hydrogen-bond acceptors (Lipinski definition) is 14. The topological polar surface area (TPSA) is 301 Å². The minimum atomic E-state index is -0.220. The fourth-order valence-electron chi connectivity index (χ4n) is 5.70. The second-order valence-electron chi connectivity index (χ2n) is 14.8. The summed E-state index contributed by atoms with van der Waals surface area (Å²) in [5, 5.41) is 27.2. The third kappa shape index (κ3) is 38.6. The van der Waals surface area contributed by atoms with Crippen molar-refractivity contribution in [2.75, 3.05) is 130 Å². The van der Waals surface area contributed by atoms with Gasteiger partial charge in [-0.05, 0) is 0 Å². The molecule has 23 nitrogen and oxygen atoms in total. The Balaban J connectivity index is 4.98. The van der Waals surface area contributed by atoms with Crippen LogP contribution in [0.4, 0.5) is 0 Å². The summed E-state index contributed by atoms with van der Waals surface area (Å²) in [7, 11) is 0. The van der Waals surface area contributed by atoms with E-state index in [1.54, 1.807) is 0 Å². The Kier molecular flexibility index (Phi) is 35.4. The maximum Gasteiger partial charge on any atom is 0.221 e. The summed E-state index contributed by atoms with van der Waals surface area (Å²) in [5.74, 6) is -1.57. The lowest BCUT2D eigenvalue weighted by Crippen LogP contribution is -2.41. The lowest BCUT2D eigenvalue weighted by molar-refractivity contribution is -0.123. The molecule has 0 bridgehead atoms. The number of carbonyl (C=O) groups is 10. The van der Waals surface area contributed by atoms with Gasteiger partial charge < -0.3 is 67.9 Å². The van der Waals surface area contributed by atoms with E-state index in [4.69, 9.17) is 0 Å². The maximum atomic E-state index is 12.8. The van der Waals surface area contributed by atoms with Crippen LogP contribution in [0.1, 0.15) is 66.2 Å². The van der Waals surface area contributed by atoms with Gasteiger partial charge in [0.25, 0.3) is 0 Å². The highest BCUT2D eigenvalue weighted by Crippen LogP contribution is 2.00. The van der Waals surface area contributed by atoms with E-state index in [2.05, 4.69) is 65.8 Å². The predicted octanol–water partition coefficient (Wildman–Crippen LogP) is -4.60. The van der Waals surface area contributed by atoms with Crippen LogP contribution in [0.3, 0.4) is 0 Å². The molecule has 0 aliphatic carbocycles. The highest BCUT2D eigenvalue weighted by Gasteiger charge is 2.15. The maximum absolute atomic E-state index is 12.8. The first-order valence-electron chi connectivity index (χ1n) is 21.9. The van der Waals surface area contributed by atoms with Crippen molar-refractivity contribution < 1.29 is 47.9 Å². The van der Waals surface area contributed by atoms with Gasteiger partial charge >= 0.3 is 0 Å². The molecule has 0 rings (SSSR count). The van der Waals surface area contributed by atoms with Crippen LogP contribution < -0.4 is 53.2 Å². The van der Waals surface area contributed by atoms with Crippen LogP contribution in [0.15, 0.2) is 0 Å². The summed E-state index contributed by atoms with van der Waals surface area (Å²) < 4.78 is 0. The van der Waals surface area contributed by atoms with Gasteiger partial charge in [0.05, 0.1) is 0 Å². The van der Waals surface area contributed by atoms with E-state index in [1.165, 1.54) is 27.7 Å². The molecule has 0 atom stereocenters. The van der Waals surface area contributed by atoms with Crippen LogP contribution in [-0.4, -0.2) is 204 Å². The van der Waals surface area contributed by atoms with Gasteiger partial charge in [0.1, 0.15) is 0 Å². The predicted molar refractivity (Wildman–Crippen MR) is 244 cm³/mol. The van der Waals surface area contributed by atoms with E-state index >= 15 is 0 Å². The molecule has 0 spiro atoms. The van der Waals surface area contributed by atoms with Crippen LogP contribution in [0.25, 0.3) is 0 Å². The molecule has 0 unspecified atom stereocenters. The molecule has 0 heterocycles. The highest BCUT2D eigenvalue weighted by molar-refractivity contribution is 7.80. The van der Waals surface area contributed by atoms with Gasteiger partial charge in [-0.2, -0.15) is 12.6 Å². The first-order valence-corrected chi connectivity index (χ1v) is 22.5. The van der Waals surface area contributed by atoms with Gasteiger partial charge in [0, 0.05) is 196 Å². The average Bonchev–Trinajstić information content (AvgIpc) is 3.23. The molecule has 64 heavy (non-hydrogen) atoms. The first kappa shape index (κ1) is 58.9. The number of nitrogens with one attached hydrogen (secondary N) is 10. The second-order valence-corrected chi connectivity index (χ2v) is 15.2. The molecular formula is C40H75N13O10S. The van der Waals surface area contributed by atoms with Gasteiger partial charge in [-0.1, -0.05) is 0 Å².